The summed E-state index contributed by atoms with van der Waals surface area (Å²) >= 11 is 0. The second kappa shape index (κ2) is 3.90. The molecular weight excluding hydrogens is 156 g/mol. The van der Waals surface area contributed by atoms with Crippen molar-refractivity contribution in [3.05, 3.63) is 0 Å². The van der Waals surface area contributed by atoms with E-state index in [9.17, 15) is 9.90 Å². The zero-order valence-electron chi connectivity index (χ0n) is 7.62. The average molecular weight is 172 g/mol. The molecule has 12 heavy (non-hydrogen) atoms. The number of hydrogen-bond acceptors (Lipinski definition) is 3. The lowest BCUT2D eigenvalue weighted by molar-refractivity contribution is -0.157. The minimum atomic E-state index is -0.437. The molecule has 3 nitrogen and oxygen atoms in total. The quantitative estimate of drug-likeness (QED) is 0.634. The highest BCUT2D eigenvalue weighted by Crippen LogP contribution is 2.22. The summed E-state index contributed by atoms with van der Waals surface area (Å²) in [5.41, 5.74) is 0. The summed E-state index contributed by atoms with van der Waals surface area (Å²) in [6, 6.07) is 0. The summed E-state index contributed by atoms with van der Waals surface area (Å²) in [6.45, 7) is 3.59. The van der Waals surface area contributed by atoms with E-state index in [4.69, 9.17) is 4.74 Å². The fraction of sp³-hybridized carbons (Fsp3) is 0.889. The first-order valence-electron chi connectivity index (χ1n) is 4.50. The Morgan fingerprint density at radius 2 is 2.17 bits per heavy atom. The van der Waals surface area contributed by atoms with Crippen molar-refractivity contribution in [1.29, 1.82) is 0 Å². The lowest BCUT2D eigenvalue weighted by Crippen LogP contribution is -2.27. The van der Waals surface area contributed by atoms with Crippen molar-refractivity contribution < 1.29 is 14.6 Å². The van der Waals surface area contributed by atoms with Gasteiger partial charge in [0, 0.05) is 0 Å². The molecule has 0 amide bonds. The minimum Gasteiger partial charge on any atom is -0.459 e. The van der Waals surface area contributed by atoms with Crippen LogP contribution in [0.2, 0.25) is 0 Å². The molecule has 0 unspecified atom stereocenters. The number of rotatable bonds is 2. The molecule has 0 aromatic carbocycles. The molecule has 0 spiro atoms. The van der Waals surface area contributed by atoms with Gasteiger partial charge in [-0.1, -0.05) is 13.8 Å². The first kappa shape index (κ1) is 9.52. The van der Waals surface area contributed by atoms with E-state index < -0.39 is 6.10 Å². The highest BCUT2D eigenvalue weighted by atomic mass is 16.6. The fourth-order valence-electron chi connectivity index (χ4n) is 1.33. The van der Waals surface area contributed by atoms with Gasteiger partial charge in [-0.15, -0.1) is 0 Å². The van der Waals surface area contributed by atoms with Crippen LogP contribution < -0.4 is 0 Å². The molecule has 0 radical (unpaired) electrons. The van der Waals surface area contributed by atoms with E-state index in [0.29, 0.717) is 0 Å². The van der Waals surface area contributed by atoms with Crippen LogP contribution in [-0.4, -0.2) is 23.3 Å². The van der Waals surface area contributed by atoms with Gasteiger partial charge in [0.2, 0.25) is 0 Å². The van der Waals surface area contributed by atoms with Gasteiger partial charge in [0.05, 0.1) is 12.0 Å². The molecule has 70 valence electrons. The van der Waals surface area contributed by atoms with E-state index in [-0.39, 0.29) is 18.0 Å². The fourth-order valence-corrected chi connectivity index (χ4v) is 1.33. The highest BCUT2D eigenvalue weighted by molar-refractivity contribution is 5.71. The number of aliphatic hydroxyl groups is 1. The van der Waals surface area contributed by atoms with E-state index in [0.717, 1.165) is 19.3 Å². The summed E-state index contributed by atoms with van der Waals surface area (Å²) in [7, 11) is 0. The van der Waals surface area contributed by atoms with Gasteiger partial charge >= 0.3 is 5.97 Å². The normalized spacial score (nSPS) is 29.3. The van der Waals surface area contributed by atoms with Crippen LogP contribution >= 0.6 is 0 Å². The Kier molecular flexibility index (Phi) is 3.09. The molecule has 1 aliphatic rings. The van der Waals surface area contributed by atoms with E-state index in [2.05, 4.69) is 0 Å². The number of carbonyl (C=O) groups excluding carboxylic acids is 1. The summed E-state index contributed by atoms with van der Waals surface area (Å²) in [5.74, 6) is -0.307. The average Bonchev–Trinajstić information content (AvgIpc) is 2.36. The van der Waals surface area contributed by atoms with E-state index >= 15 is 0 Å². The van der Waals surface area contributed by atoms with Gasteiger partial charge in [0.1, 0.15) is 6.10 Å². The maximum Gasteiger partial charge on any atom is 0.308 e. The number of hydrogen-bond donors (Lipinski definition) is 1. The molecule has 1 N–H and O–H groups in total. The van der Waals surface area contributed by atoms with Crippen molar-refractivity contribution in [1.82, 2.24) is 0 Å². The van der Waals surface area contributed by atoms with Crippen LogP contribution in [-0.2, 0) is 9.53 Å². The SMILES string of the molecule is CC(C)C(=O)O[C@H]1CCC[C@H]1O. The molecule has 3 heteroatoms. The zero-order valence-corrected chi connectivity index (χ0v) is 7.62. The topological polar surface area (TPSA) is 46.5 Å². The Hall–Kier alpha value is -0.570. The van der Waals surface area contributed by atoms with E-state index in [1.807, 2.05) is 0 Å². The molecule has 2 atom stereocenters. The van der Waals surface area contributed by atoms with Gasteiger partial charge in [0.15, 0.2) is 0 Å². The highest BCUT2D eigenvalue weighted by Gasteiger charge is 2.29. The van der Waals surface area contributed by atoms with Crippen molar-refractivity contribution >= 4 is 5.97 Å². The van der Waals surface area contributed by atoms with Gasteiger partial charge in [-0.25, -0.2) is 0 Å². The van der Waals surface area contributed by atoms with Crippen LogP contribution in [0, 0.1) is 5.92 Å². The van der Waals surface area contributed by atoms with E-state index in [1.54, 1.807) is 13.8 Å². The predicted octanol–water partition coefficient (Wildman–Crippen LogP) is 1.10. The van der Waals surface area contributed by atoms with Crippen LogP contribution in [0.25, 0.3) is 0 Å². The summed E-state index contributed by atoms with van der Waals surface area (Å²) in [4.78, 5) is 11.1. The van der Waals surface area contributed by atoms with Gasteiger partial charge in [-0.3, -0.25) is 4.79 Å². The number of esters is 1. The van der Waals surface area contributed by atoms with Crippen molar-refractivity contribution in [2.24, 2.45) is 5.92 Å². The third-order valence-corrected chi connectivity index (χ3v) is 2.16. The first-order valence-corrected chi connectivity index (χ1v) is 4.50. The van der Waals surface area contributed by atoms with Crippen molar-refractivity contribution in [2.75, 3.05) is 0 Å². The van der Waals surface area contributed by atoms with Gasteiger partial charge in [-0.2, -0.15) is 0 Å². The largest absolute Gasteiger partial charge is 0.459 e. The van der Waals surface area contributed by atoms with Crippen LogP contribution in [0.4, 0.5) is 0 Å². The molecule has 0 heterocycles. The molecule has 0 saturated heterocycles. The van der Waals surface area contributed by atoms with Gasteiger partial charge < -0.3 is 9.84 Å². The third-order valence-electron chi connectivity index (χ3n) is 2.16. The monoisotopic (exact) mass is 172 g/mol. The van der Waals surface area contributed by atoms with Crippen molar-refractivity contribution in [3.8, 4) is 0 Å². The molecule has 0 bridgehead atoms. The molecule has 0 aliphatic heterocycles. The predicted molar refractivity (Wildman–Crippen MR) is 44.6 cm³/mol. The summed E-state index contributed by atoms with van der Waals surface area (Å²) < 4.78 is 5.10. The summed E-state index contributed by atoms with van der Waals surface area (Å²) in [5, 5.41) is 9.34. The molecular formula is C9H16O3. The van der Waals surface area contributed by atoms with Crippen LogP contribution in [0.15, 0.2) is 0 Å². The third kappa shape index (κ3) is 2.21. The number of aliphatic hydroxyl groups excluding tert-OH is 1. The standard InChI is InChI=1S/C9H16O3/c1-6(2)9(11)12-8-5-3-4-7(8)10/h6-8,10H,3-5H2,1-2H3/t7-,8+/m1/s1. The molecule has 0 aromatic rings. The second-order valence-corrected chi connectivity index (χ2v) is 3.63. The molecule has 1 saturated carbocycles. The van der Waals surface area contributed by atoms with Gasteiger partial charge in [-0.05, 0) is 19.3 Å². The Morgan fingerprint density at radius 1 is 1.50 bits per heavy atom. The lowest BCUT2D eigenvalue weighted by Gasteiger charge is -2.16. The molecule has 1 fully saturated rings. The Bertz CT molecular complexity index is 165. The zero-order chi connectivity index (χ0) is 9.14. The smallest absolute Gasteiger partial charge is 0.308 e. The first-order chi connectivity index (χ1) is 5.61. The maximum absolute atomic E-state index is 11.1. The van der Waals surface area contributed by atoms with Crippen molar-refractivity contribution in [3.63, 3.8) is 0 Å². The number of ether oxygens (including phenoxy) is 1. The molecule has 1 rings (SSSR count). The Balaban J connectivity index is 2.35. The van der Waals surface area contributed by atoms with E-state index in [1.165, 1.54) is 0 Å². The Morgan fingerprint density at radius 3 is 2.58 bits per heavy atom. The molecule has 1 aliphatic carbocycles. The van der Waals surface area contributed by atoms with Crippen molar-refractivity contribution in [2.45, 2.75) is 45.3 Å². The Labute approximate surface area is 72.7 Å². The summed E-state index contributed by atoms with van der Waals surface area (Å²) in [6.07, 6.45) is 1.83. The molecule has 0 aromatic heterocycles. The maximum atomic E-state index is 11.1. The van der Waals surface area contributed by atoms with Gasteiger partial charge in [0.25, 0.3) is 0 Å². The van der Waals surface area contributed by atoms with Crippen LogP contribution in [0.3, 0.4) is 0 Å². The minimum absolute atomic E-state index is 0.0993. The lowest BCUT2D eigenvalue weighted by atomic mass is 10.2. The number of carbonyl (C=O) groups is 1. The van der Waals surface area contributed by atoms with Crippen LogP contribution in [0.1, 0.15) is 33.1 Å². The van der Waals surface area contributed by atoms with Crippen LogP contribution in [0.5, 0.6) is 0 Å². The second-order valence-electron chi connectivity index (χ2n) is 3.63.